The number of carbonyl (C=O) groups excluding carboxylic acids is 1. The van der Waals surface area contributed by atoms with Crippen molar-refractivity contribution in [3.8, 4) is 0 Å². The molecule has 2 atom stereocenters. The van der Waals surface area contributed by atoms with Gasteiger partial charge in [-0.25, -0.2) is 0 Å². The third-order valence-corrected chi connectivity index (χ3v) is 5.21. The molecule has 2 N–H and O–H groups in total. The first-order chi connectivity index (χ1) is 9.42. The maximum atomic E-state index is 12.2. The molecule has 2 aliphatic rings. The monoisotopic (exact) mass is 283 g/mol. The molecule has 114 valence electrons. The van der Waals surface area contributed by atoms with Crippen molar-refractivity contribution in [3.05, 3.63) is 0 Å². The highest BCUT2D eigenvalue weighted by Gasteiger charge is 2.45. The Bertz CT molecular complexity index is 386. The lowest BCUT2D eigenvalue weighted by Gasteiger charge is -2.42. The number of hydrogen-bond acceptors (Lipinski definition) is 3. The van der Waals surface area contributed by atoms with Crippen LogP contribution < -0.4 is 5.32 Å². The van der Waals surface area contributed by atoms with Gasteiger partial charge >= 0.3 is 5.97 Å². The predicted octanol–water partition coefficient (Wildman–Crippen LogP) is 2.10. The fourth-order valence-corrected chi connectivity index (χ4v) is 3.38. The molecule has 2 saturated carbocycles. The summed E-state index contributed by atoms with van der Waals surface area (Å²) in [7, 11) is 1.65. The number of aliphatic carboxylic acids is 1. The van der Waals surface area contributed by atoms with Crippen LogP contribution in [0.25, 0.3) is 0 Å². The first kappa shape index (κ1) is 15.3. The van der Waals surface area contributed by atoms with E-state index in [1.54, 1.807) is 14.0 Å². The van der Waals surface area contributed by atoms with E-state index in [1.165, 1.54) is 0 Å². The lowest BCUT2D eigenvalue weighted by molar-refractivity contribution is -0.152. The van der Waals surface area contributed by atoms with Gasteiger partial charge in [0.25, 0.3) is 0 Å². The molecule has 20 heavy (non-hydrogen) atoms. The highest BCUT2D eigenvalue weighted by molar-refractivity contribution is 5.80. The van der Waals surface area contributed by atoms with Crippen molar-refractivity contribution in [2.45, 2.75) is 69.9 Å². The summed E-state index contributed by atoms with van der Waals surface area (Å²) in [6, 6.07) is -0.268. The van der Waals surface area contributed by atoms with Crippen LogP contribution in [0, 0.1) is 5.41 Å². The van der Waals surface area contributed by atoms with Crippen LogP contribution in [0.15, 0.2) is 0 Å². The Morgan fingerprint density at radius 1 is 1.25 bits per heavy atom. The normalized spacial score (nSPS) is 32.2. The third-order valence-electron chi connectivity index (χ3n) is 5.21. The van der Waals surface area contributed by atoms with Crippen molar-refractivity contribution in [2.75, 3.05) is 7.11 Å². The average molecular weight is 283 g/mol. The molecule has 0 saturated heterocycles. The fourth-order valence-electron chi connectivity index (χ4n) is 3.38. The van der Waals surface area contributed by atoms with E-state index in [0.717, 1.165) is 38.5 Å². The molecule has 0 aliphatic heterocycles. The summed E-state index contributed by atoms with van der Waals surface area (Å²) >= 11 is 0. The summed E-state index contributed by atoms with van der Waals surface area (Å²) < 4.78 is 5.46. The van der Waals surface area contributed by atoms with Crippen LogP contribution in [0.2, 0.25) is 0 Å². The van der Waals surface area contributed by atoms with E-state index in [9.17, 15) is 14.7 Å². The molecule has 2 unspecified atom stereocenters. The van der Waals surface area contributed by atoms with E-state index < -0.39 is 11.4 Å². The van der Waals surface area contributed by atoms with Crippen molar-refractivity contribution >= 4 is 11.9 Å². The molecule has 0 spiro atoms. The van der Waals surface area contributed by atoms with Crippen LogP contribution in [0.1, 0.15) is 58.3 Å². The predicted molar refractivity (Wildman–Crippen MR) is 74.3 cm³/mol. The number of carboxylic acids is 1. The molecule has 5 nitrogen and oxygen atoms in total. The first-order valence-electron chi connectivity index (χ1n) is 7.50. The van der Waals surface area contributed by atoms with E-state index in [-0.39, 0.29) is 17.6 Å². The largest absolute Gasteiger partial charge is 0.481 e. The molecule has 1 amide bonds. The summed E-state index contributed by atoms with van der Waals surface area (Å²) in [4.78, 5) is 23.7. The molecule has 0 aromatic carbocycles. The minimum absolute atomic E-state index is 0.0778. The smallest absolute Gasteiger partial charge is 0.311 e. The number of methoxy groups -OCH3 is 1. The second-order valence-corrected chi connectivity index (χ2v) is 6.51. The lowest BCUT2D eigenvalue weighted by atomic mass is 9.71. The number of rotatable bonds is 5. The molecule has 2 fully saturated rings. The van der Waals surface area contributed by atoms with Gasteiger partial charge in [-0.15, -0.1) is 0 Å². The molecule has 0 aromatic rings. The van der Waals surface area contributed by atoms with Gasteiger partial charge in [0.05, 0.1) is 17.4 Å². The fraction of sp³-hybridized carbons (Fsp3) is 0.867. The van der Waals surface area contributed by atoms with Gasteiger partial charge in [-0.1, -0.05) is 12.8 Å². The van der Waals surface area contributed by atoms with Gasteiger partial charge in [0.15, 0.2) is 0 Å². The Balaban J connectivity index is 1.97. The summed E-state index contributed by atoms with van der Waals surface area (Å²) in [5.74, 6) is -0.890. The number of hydrogen-bond donors (Lipinski definition) is 2. The number of carbonyl (C=O) groups is 2. The molecule has 0 bridgehead atoms. The summed E-state index contributed by atoms with van der Waals surface area (Å²) in [5.41, 5.74) is -1.15. The van der Waals surface area contributed by atoms with E-state index in [1.807, 2.05) is 0 Å². The van der Waals surface area contributed by atoms with Crippen molar-refractivity contribution < 1.29 is 19.4 Å². The van der Waals surface area contributed by atoms with Crippen LogP contribution in [-0.2, 0) is 14.3 Å². The second-order valence-electron chi connectivity index (χ2n) is 6.51. The van der Waals surface area contributed by atoms with Gasteiger partial charge in [0.2, 0.25) is 5.91 Å². The van der Waals surface area contributed by atoms with Gasteiger partial charge < -0.3 is 15.2 Å². The number of carboxylic acid groups (broad SMARTS) is 1. The van der Waals surface area contributed by atoms with Crippen LogP contribution in [0.4, 0.5) is 0 Å². The molecular weight excluding hydrogens is 258 g/mol. The highest BCUT2D eigenvalue weighted by Crippen LogP contribution is 2.39. The van der Waals surface area contributed by atoms with Crippen LogP contribution >= 0.6 is 0 Å². The van der Waals surface area contributed by atoms with Gasteiger partial charge in [0, 0.05) is 13.2 Å². The lowest BCUT2D eigenvalue weighted by Crippen LogP contribution is -2.54. The molecular formula is C15H25NO4. The highest BCUT2D eigenvalue weighted by atomic mass is 16.5. The van der Waals surface area contributed by atoms with E-state index in [2.05, 4.69) is 5.32 Å². The summed E-state index contributed by atoms with van der Waals surface area (Å²) in [6.45, 7) is 1.74. The number of ether oxygens (including phenoxy) is 1. The third kappa shape index (κ3) is 2.82. The number of amides is 1. The summed E-state index contributed by atoms with van der Waals surface area (Å²) in [6.07, 6.45) is 6.53. The molecule has 0 heterocycles. The zero-order valence-corrected chi connectivity index (χ0v) is 12.4. The Morgan fingerprint density at radius 2 is 1.95 bits per heavy atom. The van der Waals surface area contributed by atoms with Crippen molar-refractivity contribution in [1.29, 1.82) is 0 Å². The SMILES string of the molecule is COC1(CC(=O)NC2CCCCC2(C)C(=O)O)CCC1. The van der Waals surface area contributed by atoms with Crippen molar-refractivity contribution in [2.24, 2.45) is 5.41 Å². The van der Waals surface area contributed by atoms with Gasteiger partial charge in [-0.05, 0) is 39.0 Å². The molecule has 5 heteroatoms. The average Bonchev–Trinajstić information content (AvgIpc) is 2.36. The first-order valence-corrected chi connectivity index (χ1v) is 7.50. The van der Waals surface area contributed by atoms with E-state index >= 15 is 0 Å². The van der Waals surface area contributed by atoms with Crippen LogP contribution in [0.3, 0.4) is 0 Å². The van der Waals surface area contributed by atoms with Crippen LogP contribution in [0.5, 0.6) is 0 Å². The van der Waals surface area contributed by atoms with Crippen molar-refractivity contribution in [3.63, 3.8) is 0 Å². The molecule has 2 rings (SSSR count). The topological polar surface area (TPSA) is 75.6 Å². The second kappa shape index (κ2) is 5.72. The Kier molecular flexibility index (Phi) is 4.37. The molecule has 2 aliphatic carbocycles. The number of nitrogens with one attached hydrogen (secondary N) is 1. The standard InChI is InChI=1S/C15H25NO4/c1-14(13(18)19)7-4-3-6-11(14)16-12(17)10-15(20-2)8-5-9-15/h11H,3-10H2,1-2H3,(H,16,17)(H,18,19). The Hall–Kier alpha value is -1.10. The zero-order chi connectivity index (χ0) is 14.8. The maximum Gasteiger partial charge on any atom is 0.311 e. The van der Waals surface area contributed by atoms with E-state index in [4.69, 9.17) is 4.74 Å². The van der Waals surface area contributed by atoms with Gasteiger partial charge in [0.1, 0.15) is 0 Å². The van der Waals surface area contributed by atoms with Crippen molar-refractivity contribution in [1.82, 2.24) is 5.32 Å². The van der Waals surface area contributed by atoms with Gasteiger partial charge in [-0.2, -0.15) is 0 Å². The zero-order valence-electron chi connectivity index (χ0n) is 12.4. The maximum absolute atomic E-state index is 12.2. The summed E-state index contributed by atoms with van der Waals surface area (Å²) in [5, 5.41) is 12.4. The van der Waals surface area contributed by atoms with Crippen LogP contribution in [-0.4, -0.2) is 35.7 Å². The Labute approximate surface area is 120 Å². The minimum atomic E-state index is -0.840. The Morgan fingerprint density at radius 3 is 2.45 bits per heavy atom. The van der Waals surface area contributed by atoms with E-state index in [0.29, 0.717) is 12.8 Å². The minimum Gasteiger partial charge on any atom is -0.481 e. The molecule has 0 aromatic heterocycles. The van der Waals surface area contributed by atoms with Gasteiger partial charge in [-0.3, -0.25) is 9.59 Å². The quantitative estimate of drug-likeness (QED) is 0.810. The molecule has 0 radical (unpaired) electrons.